The van der Waals surface area contributed by atoms with Crippen molar-refractivity contribution in [2.45, 2.75) is 6.92 Å². The largest absolute Gasteiger partial charge is 0.405 e. The van der Waals surface area contributed by atoms with Crippen molar-refractivity contribution >= 4 is 5.78 Å². The number of rotatable bonds is 3. The minimum atomic E-state index is -0.0124. The van der Waals surface area contributed by atoms with Crippen LogP contribution in [0.1, 0.15) is 6.92 Å². The molecule has 0 heterocycles. The number of carbonyl (C=O) groups is 1. The molecule has 54 valence electrons. The van der Waals surface area contributed by atoms with E-state index in [-0.39, 0.29) is 5.78 Å². The molecule has 0 aromatic heterocycles. The third-order valence-electron chi connectivity index (χ3n) is 0.980. The third-order valence-corrected chi connectivity index (χ3v) is 0.980. The Labute approximate surface area is 60.7 Å². The van der Waals surface area contributed by atoms with E-state index in [0.717, 1.165) is 0 Å². The summed E-state index contributed by atoms with van der Waals surface area (Å²) < 4.78 is 0. The highest BCUT2D eigenvalue weighted by molar-refractivity contribution is 5.96. The van der Waals surface area contributed by atoms with Crippen LogP contribution in [0.25, 0.3) is 0 Å². The van der Waals surface area contributed by atoms with Crippen molar-refractivity contribution < 1.29 is 4.79 Å². The van der Waals surface area contributed by atoms with E-state index in [1.54, 1.807) is 18.2 Å². The molecule has 2 heteroatoms. The Bertz CT molecular complexity index is 189. The van der Waals surface area contributed by atoms with E-state index in [1.165, 1.54) is 13.1 Å². The first-order valence-electron chi connectivity index (χ1n) is 2.94. The highest BCUT2D eigenvalue weighted by atomic mass is 16.1. The van der Waals surface area contributed by atoms with Crippen molar-refractivity contribution in [3.8, 4) is 0 Å². The zero-order valence-corrected chi connectivity index (χ0v) is 6.00. The molecule has 10 heavy (non-hydrogen) atoms. The highest BCUT2D eigenvalue weighted by Crippen LogP contribution is 1.96. The number of Topliss-reactive ketones (excluding diaryl/α,β-unsaturated/α-hetero) is 1. The predicted octanol–water partition coefficient (Wildman–Crippen LogP) is 1.16. The lowest BCUT2D eigenvalue weighted by molar-refractivity contribution is -0.113. The van der Waals surface area contributed by atoms with E-state index in [2.05, 4.69) is 6.58 Å². The van der Waals surface area contributed by atoms with Crippen molar-refractivity contribution in [1.29, 1.82) is 0 Å². The van der Waals surface area contributed by atoms with Gasteiger partial charge in [0.05, 0.1) is 0 Å². The number of ketones is 1. The van der Waals surface area contributed by atoms with Crippen LogP contribution < -0.4 is 5.73 Å². The van der Waals surface area contributed by atoms with Crippen molar-refractivity contribution in [2.24, 2.45) is 5.73 Å². The number of carbonyl (C=O) groups excluding carboxylic acids is 1. The summed E-state index contributed by atoms with van der Waals surface area (Å²) >= 11 is 0. The molecular weight excluding hydrogens is 126 g/mol. The van der Waals surface area contributed by atoms with E-state index < -0.39 is 0 Å². The molecule has 0 bridgehead atoms. The molecule has 0 amide bonds. The Morgan fingerprint density at radius 3 is 2.50 bits per heavy atom. The van der Waals surface area contributed by atoms with Crippen LogP contribution in [0.5, 0.6) is 0 Å². The molecule has 0 unspecified atom stereocenters. The molecule has 0 aliphatic carbocycles. The fourth-order valence-corrected chi connectivity index (χ4v) is 0.521. The molecule has 0 saturated heterocycles. The normalized spacial score (nSPS) is 11.9. The van der Waals surface area contributed by atoms with Crippen LogP contribution in [0.4, 0.5) is 0 Å². The second kappa shape index (κ2) is 4.56. The minimum Gasteiger partial charge on any atom is -0.405 e. The number of hydrogen-bond donors (Lipinski definition) is 1. The van der Waals surface area contributed by atoms with Gasteiger partial charge in [0.2, 0.25) is 0 Å². The average Bonchev–Trinajstić information content (AvgIpc) is 1.87. The van der Waals surface area contributed by atoms with Crippen LogP contribution in [0.2, 0.25) is 0 Å². The minimum absolute atomic E-state index is 0.0124. The molecule has 2 N–H and O–H groups in total. The second-order valence-corrected chi connectivity index (χ2v) is 1.77. The summed E-state index contributed by atoms with van der Waals surface area (Å²) in [6.07, 6.45) is 6.04. The van der Waals surface area contributed by atoms with Gasteiger partial charge in [0.1, 0.15) is 0 Å². The van der Waals surface area contributed by atoms with Gasteiger partial charge in [0.15, 0.2) is 5.78 Å². The van der Waals surface area contributed by atoms with Gasteiger partial charge in [-0.2, -0.15) is 0 Å². The molecule has 0 radical (unpaired) electrons. The summed E-state index contributed by atoms with van der Waals surface area (Å²) in [4.78, 5) is 10.7. The molecule has 0 aromatic rings. The van der Waals surface area contributed by atoms with E-state index in [1.807, 2.05) is 0 Å². The summed E-state index contributed by atoms with van der Waals surface area (Å²) in [6.45, 7) is 4.94. The Morgan fingerprint density at radius 2 is 2.20 bits per heavy atom. The Morgan fingerprint density at radius 1 is 1.60 bits per heavy atom. The second-order valence-electron chi connectivity index (χ2n) is 1.77. The summed E-state index contributed by atoms with van der Waals surface area (Å²) in [5.74, 6) is -0.0124. The lowest BCUT2D eigenvalue weighted by atomic mass is 10.2. The summed E-state index contributed by atoms with van der Waals surface area (Å²) in [6, 6.07) is 0. The first-order chi connectivity index (χ1) is 4.72. The molecule has 2 nitrogen and oxygen atoms in total. The van der Waals surface area contributed by atoms with Gasteiger partial charge in [-0.3, -0.25) is 4.79 Å². The van der Waals surface area contributed by atoms with Crippen LogP contribution in [-0.4, -0.2) is 5.78 Å². The Balaban J connectivity index is 4.41. The zero-order chi connectivity index (χ0) is 7.98. The van der Waals surface area contributed by atoms with E-state index >= 15 is 0 Å². The smallest absolute Gasteiger partial charge is 0.159 e. The van der Waals surface area contributed by atoms with Crippen LogP contribution in [0, 0.1) is 0 Å². The molecule has 0 aliphatic rings. The maximum atomic E-state index is 10.7. The van der Waals surface area contributed by atoms with Crippen molar-refractivity contribution in [1.82, 2.24) is 0 Å². The van der Waals surface area contributed by atoms with E-state index in [0.29, 0.717) is 5.57 Å². The van der Waals surface area contributed by atoms with Crippen LogP contribution >= 0.6 is 0 Å². The maximum absolute atomic E-state index is 10.7. The van der Waals surface area contributed by atoms with Crippen LogP contribution in [0.15, 0.2) is 36.6 Å². The average molecular weight is 137 g/mol. The fourth-order valence-electron chi connectivity index (χ4n) is 0.521. The molecular formula is C8H11NO. The molecule has 0 fully saturated rings. The van der Waals surface area contributed by atoms with Gasteiger partial charge >= 0.3 is 0 Å². The summed E-state index contributed by atoms with van der Waals surface area (Å²) in [5, 5.41) is 0. The standard InChI is InChI=1S/C8H11NO/c1-3-4-8(5-6-9)7(2)10/h3-6H,1,9H2,2H3/b6-5-,8-4+. The van der Waals surface area contributed by atoms with Gasteiger partial charge in [0, 0.05) is 5.57 Å². The quantitative estimate of drug-likeness (QED) is 0.468. The maximum Gasteiger partial charge on any atom is 0.159 e. The van der Waals surface area contributed by atoms with Crippen molar-refractivity contribution in [3.05, 3.63) is 36.6 Å². The monoisotopic (exact) mass is 137 g/mol. The molecule has 0 saturated carbocycles. The lowest BCUT2D eigenvalue weighted by Crippen LogP contribution is -1.93. The Hall–Kier alpha value is -1.31. The van der Waals surface area contributed by atoms with Gasteiger partial charge in [-0.05, 0) is 19.2 Å². The van der Waals surface area contributed by atoms with Crippen molar-refractivity contribution in [2.75, 3.05) is 0 Å². The number of allylic oxidation sites excluding steroid dienone is 4. The first kappa shape index (κ1) is 8.69. The topological polar surface area (TPSA) is 43.1 Å². The lowest BCUT2D eigenvalue weighted by Gasteiger charge is -1.90. The zero-order valence-electron chi connectivity index (χ0n) is 6.00. The van der Waals surface area contributed by atoms with E-state index in [4.69, 9.17) is 5.73 Å². The van der Waals surface area contributed by atoms with Gasteiger partial charge in [0.25, 0.3) is 0 Å². The Kier molecular flexibility index (Phi) is 3.96. The summed E-state index contributed by atoms with van der Waals surface area (Å²) in [5.41, 5.74) is 5.66. The van der Waals surface area contributed by atoms with E-state index in [9.17, 15) is 4.79 Å². The summed E-state index contributed by atoms with van der Waals surface area (Å²) in [7, 11) is 0. The SMILES string of the molecule is C=C/C=C(\C=C/N)C(C)=O. The van der Waals surface area contributed by atoms with Crippen LogP contribution in [-0.2, 0) is 4.79 Å². The molecule has 0 aromatic carbocycles. The molecule has 0 aliphatic heterocycles. The van der Waals surface area contributed by atoms with Crippen LogP contribution in [0.3, 0.4) is 0 Å². The third kappa shape index (κ3) is 2.87. The highest BCUT2D eigenvalue weighted by Gasteiger charge is 1.94. The van der Waals surface area contributed by atoms with Gasteiger partial charge in [-0.1, -0.05) is 18.7 Å². The van der Waals surface area contributed by atoms with Gasteiger partial charge in [-0.25, -0.2) is 0 Å². The molecule has 0 atom stereocenters. The number of hydrogen-bond acceptors (Lipinski definition) is 2. The molecule has 0 rings (SSSR count). The molecule has 0 spiro atoms. The van der Waals surface area contributed by atoms with Gasteiger partial charge < -0.3 is 5.73 Å². The van der Waals surface area contributed by atoms with Gasteiger partial charge in [-0.15, -0.1) is 0 Å². The number of nitrogens with two attached hydrogens (primary N) is 1. The first-order valence-corrected chi connectivity index (χ1v) is 2.94. The fraction of sp³-hybridized carbons (Fsp3) is 0.125. The predicted molar refractivity (Wildman–Crippen MR) is 42.3 cm³/mol. The van der Waals surface area contributed by atoms with Crippen molar-refractivity contribution in [3.63, 3.8) is 0 Å².